The minimum absolute atomic E-state index is 0.142. The number of nitrogens with one attached hydrogen (secondary N) is 1. The molecule has 27 heavy (non-hydrogen) atoms. The fourth-order valence-corrected chi connectivity index (χ4v) is 3.92. The van der Waals surface area contributed by atoms with Crippen LogP contribution in [0.1, 0.15) is 20.8 Å². The van der Waals surface area contributed by atoms with Gasteiger partial charge < -0.3 is 9.88 Å². The van der Waals surface area contributed by atoms with Gasteiger partial charge in [-0.3, -0.25) is 9.59 Å². The minimum Gasteiger partial charge on any atom is -0.347 e. The molecule has 8 heteroatoms. The van der Waals surface area contributed by atoms with Gasteiger partial charge in [0.25, 0.3) is 11.5 Å². The third-order valence-corrected chi connectivity index (χ3v) is 5.53. The summed E-state index contributed by atoms with van der Waals surface area (Å²) < 4.78 is 3.18. The highest BCUT2D eigenvalue weighted by Gasteiger charge is 2.19. The Morgan fingerprint density at radius 1 is 1.26 bits per heavy atom. The van der Waals surface area contributed by atoms with Crippen LogP contribution < -0.4 is 10.9 Å². The second-order valence-corrected chi connectivity index (χ2v) is 7.21. The normalized spacial score (nSPS) is 11.0. The molecule has 0 spiro atoms. The van der Waals surface area contributed by atoms with Gasteiger partial charge in [-0.05, 0) is 24.6 Å². The molecule has 4 aromatic rings. The number of rotatable bonds is 4. The van der Waals surface area contributed by atoms with Crippen LogP contribution in [0.4, 0.5) is 0 Å². The van der Waals surface area contributed by atoms with Crippen LogP contribution in [-0.4, -0.2) is 25.2 Å². The van der Waals surface area contributed by atoms with Crippen molar-refractivity contribution in [3.05, 3.63) is 75.4 Å². The second-order valence-electron chi connectivity index (χ2n) is 6.21. The van der Waals surface area contributed by atoms with E-state index in [2.05, 4.69) is 15.4 Å². The van der Waals surface area contributed by atoms with Crippen molar-refractivity contribution in [2.75, 3.05) is 0 Å². The number of aryl methyl sites for hydroxylation is 2. The second kappa shape index (κ2) is 6.81. The van der Waals surface area contributed by atoms with Crippen molar-refractivity contribution in [3.8, 4) is 5.69 Å². The van der Waals surface area contributed by atoms with E-state index in [-0.39, 0.29) is 11.5 Å². The molecule has 0 aliphatic rings. The number of nitrogens with zero attached hydrogens (tertiary/aromatic N) is 4. The number of hydrogen-bond acceptors (Lipinski definition) is 5. The number of thiophene rings is 1. The number of carbonyl (C=O) groups is 1. The maximum Gasteiger partial charge on any atom is 0.262 e. The van der Waals surface area contributed by atoms with Gasteiger partial charge in [0.1, 0.15) is 4.83 Å². The standard InChI is InChI=1S/C19H17N5O2S/c1-12-15-18(21-11-23(2)19(15)26)27-16(12)17(25)20-8-13-9-22-24(10-13)14-6-4-3-5-7-14/h3-7,9-11H,8H2,1-2H3,(H,20,25). The molecule has 136 valence electrons. The lowest BCUT2D eigenvalue weighted by molar-refractivity contribution is 0.0954. The van der Waals surface area contributed by atoms with Crippen molar-refractivity contribution in [1.29, 1.82) is 0 Å². The molecule has 3 heterocycles. The first kappa shape index (κ1) is 17.2. The summed E-state index contributed by atoms with van der Waals surface area (Å²) >= 11 is 1.23. The van der Waals surface area contributed by atoms with Crippen LogP contribution in [0.25, 0.3) is 15.9 Å². The third kappa shape index (κ3) is 3.15. The predicted octanol–water partition coefficient (Wildman–Crippen LogP) is 2.42. The smallest absolute Gasteiger partial charge is 0.262 e. The Bertz CT molecular complexity index is 1190. The molecule has 0 fully saturated rings. The Kier molecular flexibility index (Phi) is 4.33. The van der Waals surface area contributed by atoms with E-state index >= 15 is 0 Å². The van der Waals surface area contributed by atoms with Gasteiger partial charge in [-0.2, -0.15) is 5.10 Å². The van der Waals surface area contributed by atoms with Crippen molar-refractivity contribution < 1.29 is 4.79 Å². The first-order valence-electron chi connectivity index (χ1n) is 8.36. The first-order valence-corrected chi connectivity index (χ1v) is 9.18. The summed E-state index contributed by atoms with van der Waals surface area (Å²) in [6, 6.07) is 9.76. The van der Waals surface area contributed by atoms with Gasteiger partial charge in [-0.1, -0.05) is 18.2 Å². The van der Waals surface area contributed by atoms with Gasteiger partial charge in [0, 0.05) is 25.4 Å². The molecule has 0 radical (unpaired) electrons. The lowest BCUT2D eigenvalue weighted by Crippen LogP contribution is -2.22. The van der Waals surface area contributed by atoms with E-state index in [9.17, 15) is 9.59 Å². The van der Waals surface area contributed by atoms with Crippen LogP contribution in [0, 0.1) is 6.92 Å². The first-order chi connectivity index (χ1) is 13.0. The Morgan fingerprint density at radius 2 is 2.04 bits per heavy atom. The number of fused-ring (bicyclic) bond motifs is 1. The fourth-order valence-electron chi connectivity index (χ4n) is 2.86. The number of aromatic nitrogens is 4. The number of amides is 1. The molecule has 0 aliphatic carbocycles. The molecule has 1 N–H and O–H groups in total. The zero-order valence-electron chi connectivity index (χ0n) is 14.8. The molecule has 1 aromatic carbocycles. The number of carbonyl (C=O) groups excluding carboxylic acids is 1. The van der Waals surface area contributed by atoms with Gasteiger partial charge in [0.2, 0.25) is 0 Å². The van der Waals surface area contributed by atoms with Gasteiger partial charge >= 0.3 is 0 Å². The molecule has 0 bridgehead atoms. The highest BCUT2D eigenvalue weighted by atomic mass is 32.1. The molecule has 0 aliphatic heterocycles. The largest absolute Gasteiger partial charge is 0.347 e. The topological polar surface area (TPSA) is 81.8 Å². The molecular formula is C19H17N5O2S. The van der Waals surface area contributed by atoms with Gasteiger partial charge in [0.05, 0.1) is 28.5 Å². The van der Waals surface area contributed by atoms with E-state index in [1.54, 1.807) is 24.9 Å². The minimum atomic E-state index is -0.218. The number of hydrogen-bond donors (Lipinski definition) is 1. The van der Waals surface area contributed by atoms with Crippen molar-refractivity contribution >= 4 is 27.5 Å². The van der Waals surface area contributed by atoms with E-state index in [1.807, 2.05) is 36.5 Å². The summed E-state index contributed by atoms with van der Waals surface area (Å²) in [6.07, 6.45) is 5.08. The molecular weight excluding hydrogens is 362 g/mol. The monoisotopic (exact) mass is 379 g/mol. The lowest BCUT2D eigenvalue weighted by Gasteiger charge is -2.03. The Balaban J connectivity index is 1.53. The highest BCUT2D eigenvalue weighted by Crippen LogP contribution is 2.26. The highest BCUT2D eigenvalue weighted by molar-refractivity contribution is 7.20. The van der Waals surface area contributed by atoms with Crippen molar-refractivity contribution in [2.24, 2.45) is 7.05 Å². The van der Waals surface area contributed by atoms with Gasteiger partial charge in [0.15, 0.2) is 0 Å². The maximum atomic E-state index is 12.6. The quantitative estimate of drug-likeness (QED) is 0.590. The predicted molar refractivity (Wildman–Crippen MR) is 104 cm³/mol. The lowest BCUT2D eigenvalue weighted by atomic mass is 10.2. The zero-order chi connectivity index (χ0) is 19.0. The Labute approximate surface area is 158 Å². The van der Waals surface area contributed by atoms with E-state index in [0.29, 0.717) is 27.2 Å². The van der Waals surface area contributed by atoms with Crippen LogP contribution in [0.2, 0.25) is 0 Å². The van der Waals surface area contributed by atoms with Crippen LogP contribution >= 0.6 is 11.3 Å². The van der Waals surface area contributed by atoms with E-state index in [0.717, 1.165) is 11.3 Å². The van der Waals surface area contributed by atoms with Crippen LogP contribution in [-0.2, 0) is 13.6 Å². The molecule has 1 amide bonds. The van der Waals surface area contributed by atoms with E-state index in [1.165, 1.54) is 22.2 Å². The number of benzene rings is 1. The molecule has 0 unspecified atom stereocenters. The summed E-state index contributed by atoms with van der Waals surface area (Å²) in [4.78, 5) is 30.2. The maximum absolute atomic E-state index is 12.6. The summed E-state index contributed by atoms with van der Waals surface area (Å²) in [7, 11) is 1.65. The van der Waals surface area contributed by atoms with Crippen molar-refractivity contribution in [2.45, 2.75) is 13.5 Å². The van der Waals surface area contributed by atoms with Crippen LogP contribution in [0.5, 0.6) is 0 Å². The molecule has 0 atom stereocenters. The zero-order valence-corrected chi connectivity index (χ0v) is 15.7. The van der Waals surface area contributed by atoms with Gasteiger partial charge in [-0.15, -0.1) is 11.3 Å². The SMILES string of the molecule is Cc1c(C(=O)NCc2cnn(-c3ccccc3)c2)sc2ncn(C)c(=O)c12. The summed E-state index contributed by atoms with van der Waals surface area (Å²) in [5, 5.41) is 7.73. The van der Waals surface area contributed by atoms with Crippen molar-refractivity contribution in [1.82, 2.24) is 24.6 Å². The molecule has 0 saturated carbocycles. The molecule has 0 saturated heterocycles. The van der Waals surface area contributed by atoms with E-state index in [4.69, 9.17) is 0 Å². The Morgan fingerprint density at radius 3 is 2.81 bits per heavy atom. The average molecular weight is 379 g/mol. The summed E-state index contributed by atoms with van der Waals surface area (Å²) in [5.74, 6) is -0.218. The van der Waals surface area contributed by atoms with Crippen LogP contribution in [0.3, 0.4) is 0 Å². The summed E-state index contributed by atoms with van der Waals surface area (Å²) in [6.45, 7) is 2.13. The van der Waals surface area contributed by atoms with E-state index < -0.39 is 0 Å². The number of para-hydroxylation sites is 1. The molecule has 4 rings (SSSR count). The van der Waals surface area contributed by atoms with Crippen LogP contribution in [0.15, 0.2) is 53.8 Å². The Hall–Kier alpha value is -3.26. The average Bonchev–Trinajstić information content (AvgIpc) is 3.29. The fraction of sp³-hybridized carbons (Fsp3) is 0.158. The molecule has 7 nitrogen and oxygen atoms in total. The van der Waals surface area contributed by atoms with Gasteiger partial charge in [-0.25, -0.2) is 9.67 Å². The third-order valence-electron chi connectivity index (χ3n) is 4.33. The van der Waals surface area contributed by atoms with Crippen molar-refractivity contribution in [3.63, 3.8) is 0 Å². The molecule has 3 aromatic heterocycles. The summed E-state index contributed by atoms with van der Waals surface area (Å²) in [5.41, 5.74) is 2.37.